The summed E-state index contributed by atoms with van der Waals surface area (Å²) >= 11 is 5.50. The highest BCUT2D eigenvalue weighted by Crippen LogP contribution is 2.26. The van der Waals surface area contributed by atoms with Crippen molar-refractivity contribution in [2.75, 3.05) is 5.88 Å². The van der Waals surface area contributed by atoms with Gasteiger partial charge in [-0.2, -0.15) is 0 Å². The number of hydrogen-bond acceptors (Lipinski definition) is 2. The first-order valence-electron chi connectivity index (χ1n) is 5.16. The molecule has 1 aromatic carbocycles. The first-order chi connectivity index (χ1) is 7.47. The Bertz CT molecular complexity index is 345. The number of rotatable bonds is 4. The number of aliphatic hydroxyl groups excluding tert-OH is 2. The van der Waals surface area contributed by atoms with Crippen LogP contribution in [0.25, 0.3) is 0 Å². The standard InChI is InChI=1S/C12H16ClFO2/c1-7-5-9(14)6-8(2)11(7)12(16)10(15)3-4-13/h5-6,10,12,15-16H,3-4H2,1-2H3. The van der Waals surface area contributed by atoms with Crippen molar-refractivity contribution in [2.45, 2.75) is 32.5 Å². The van der Waals surface area contributed by atoms with E-state index < -0.39 is 12.2 Å². The molecule has 1 aromatic rings. The molecular formula is C12H16ClFO2. The van der Waals surface area contributed by atoms with Crippen LogP contribution in [-0.4, -0.2) is 22.2 Å². The molecule has 90 valence electrons. The van der Waals surface area contributed by atoms with E-state index in [2.05, 4.69) is 0 Å². The van der Waals surface area contributed by atoms with Gasteiger partial charge in [0.15, 0.2) is 0 Å². The van der Waals surface area contributed by atoms with Crippen LogP contribution in [0.3, 0.4) is 0 Å². The van der Waals surface area contributed by atoms with E-state index in [0.717, 1.165) is 0 Å². The number of benzene rings is 1. The van der Waals surface area contributed by atoms with Crippen LogP contribution in [0.4, 0.5) is 4.39 Å². The third-order valence-corrected chi connectivity index (χ3v) is 2.84. The quantitative estimate of drug-likeness (QED) is 0.802. The fraction of sp³-hybridized carbons (Fsp3) is 0.500. The fourth-order valence-electron chi connectivity index (χ4n) is 1.85. The molecule has 1 rings (SSSR count). The lowest BCUT2D eigenvalue weighted by molar-refractivity contribution is 0.0162. The first-order valence-corrected chi connectivity index (χ1v) is 5.69. The van der Waals surface area contributed by atoms with Crippen LogP contribution in [0.1, 0.15) is 29.2 Å². The van der Waals surface area contributed by atoms with Gasteiger partial charge in [0.2, 0.25) is 0 Å². The van der Waals surface area contributed by atoms with Crippen molar-refractivity contribution in [3.8, 4) is 0 Å². The highest BCUT2D eigenvalue weighted by atomic mass is 35.5. The average Bonchev–Trinajstić information content (AvgIpc) is 2.16. The molecule has 0 saturated heterocycles. The van der Waals surface area contributed by atoms with Crippen molar-refractivity contribution < 1.29 is 14.6 Å². The highest BCUT2D eigenvalue weighted by Gasteiger charge is 2.21. The fourth-order valence-corrected chi connectivity index (χ4v) is 2.07. The summed E-state index contributed by atoms with van der Waals surface area (Å²) in [6.45, 7) is 3.42. The van der Waals surface area contributed by atoms with Crippen molar-refractivity contribution in [3.63, 3.8) is 0 Å². The lowest BCUT2D eigenvalue weighted by atomic mass is 9.94. The molecule has 0 aromatic heterocycles. The van der Waals surface area contributed by atoms with E-state index in [1.54, 1.807) is 13.8 Å². The molecule has 0 aliphatic carbocycles. The number of aliphatic hydroxyl groups is 2. The molecule has 2 unspecified atom stereocenters. The van der Waals surface area contributed by atoms with Crippen molar-refractivity contribution in [1.29, 1.82) is 0 Å². The van der Waals surface area contributed by atoms with Crippen LogP contribution in [0.2, 0.25) is 0 Å². The third-order valence-electron chi connectivity index (χ3n) is 2.62. The van der Waals surface area contributed by atoms with E-state index in [9.17, 15) is 14.6 Å². The summed E-state index contributed by atoms with van der Waals surface area (Å²) in [5, 5.41) is 19.6. The molecule has 0 radical (unpaired) electrons. The second-order valence-electron chi connectivity index (χ2n) is 3.94. The van der Waals surface area contributed by atoms with Crippen molar-refractivity contribution >= 4 is 11.6 Å². The zero-order valence-electron chi connectivity index (χ0n) is 9.37. The van der Waals surface area contributed by atoms with Crippen LogP contribution in [-0.2, 0) is 0 Å². The Hall–Kier alpha value is -0.640. The van der Waals surface area contributed by atoms with E-state index >= 15 is 0 Å². The molecule has 0 heterocycles. The normalized spacial score (nSPS) is 14.9. The van der Waals surface area contributed by atoms with E-state index in [4.69, 9.17) is 11.6 Å². The Labute approximate surface area is 99.7 Å². The van der Waals surface area contributed by atoms with E-state index in [1.807, 2.05) is 0 Å². The maximum atomic E-state index is 13.1. The largest absolute Gasteiger partial charge is 0.390 e. The molecule has 0 saturated carbocycles. The Kier molecular flexibility index (Phi) is 4.71. The predicted octanol–water partition coefficient (Wildman–Crippen LogP) is 2.47. The summed E-state index contributed by atoms with van der Waals surface area (Å²) in [5.41, 5.74) is 1.86. The van der Waals surface area contributed by atoms with Gasteiger partial charge in [-0.05, 0) is 49.1 Å². The molecule has 4 heteroatoms. The Morgan fingerprint density at radius 1 is 1.25 bits per heavy atom. The second-order valence-corrected chi connectivity index (χ2v) is 4.32. The van der Waals surface area contributed by atoms with Gasteiger partial charge in [0.25, 0.3) is 0 Å². The zero-order chi connectivity index (χ0) is 12.3. The van der Waals surface area contributed by atoms with Gasteiger partial charge in [-0.15, -0.1) is 11.6 Å². The maximum absolute atomic E-state index is 13.1. The third kappa shape index (κ3) is 2.94. The zero-order valence-corrected chi connectivity index (χ0v) is 10.1. The van der Waals surface area contributed by atoms with Gasteiger partial charge in [0.1, 0.15) is 11.9 Å². The SMILES string of the molecule is Cc1cc(F)cc(C)c1C(O)C(O)CCCl. The maximum Gasteiger partial charge on any atom is 0.123 e. The van der Waals surface area contributed by atoms with Gasteiger partial charge >= 0.3 is 0 Å². The lowest BCUT2D eigenvalue weighted by Gasteiger charge is -2.21. The number of halogens is 2. The molecule has 0 amide bonds. The van der Waals surface area contributed by atoms with Crippen LogP contribution in [0.5, 0.6) is 0 Å². The topological polar surface area (TPSA) is 40.5 Å². The molecule has 0 bridgehead atoms. The van der Waals surface area contributed by atoms with Gasteiger partial charge < -0.3 is 10.2 Å². The van der Waals surface area contributed by atoms with Gasteiger partial charge in [-0.25, -0.2) is 4.39 Å². The van der Waals surface area contributed by atoms with Crippen molar-refractivity contribution in [1.82, 2.24) is 0 Å². The summed E-state index contributed by atoms with van der Waals surface area (Å²) < 4.78 is 13.1. The molecule has 0 aliphatic heterocycles. The minimum atomic E-state index is -1.01. The number of alkyl halides is 1. The minimum Gasteiger partial charge on any atom is -0.390 e. The van der Waals surface area contributed by atoms with Crippen LogP contribution < -0.4 is 0 Å². The van der Waals surface area contributed by atoms with Gasteiger partial charge in [0.05, 0.1) is 6.10 Å². The summed E-state index contributed by atoms with van der Waals surface area (Å²) in [6, 6.07) is 2.69. The smallest absolute Gasteiger partial charge is 0.123 e. The van der Waals surface area contributed by atoms with Gasteiger partial charge in [0, 0.05) is 5.88 Å². The van der Waals surface area contributed by atoms with E-state index in [0.29, 0.717) is 23.1 Å². The van der Waals surface area contributed by atoms with Crippen LogP contribution in [0, 0.1) is 19.7 Å². The van der Waals surface area contributed by atoms with Crippen molar-refractivity contribution in [3.05, 3.63) is 34.6 Å². The van der Waals surface area contributed by atoms with Crippen LogP contribution in [0.15, 0.2) is 12.1 Å². The molecule has 2 N–H and O–H groups in total. The lowest BCUT2D eigenvalue weighted by Crippen LogP contribution is -2.20. The van der Waals surface area contributed by atoms with Gasteiger partial charge in [-0.3, -0.25) is 0 Å². The van der Waals surface area contributed by atoms with E-state index in [1.165, 1.54) is 12.1 Å². The molecule has 0 fully saturated rings. The highest BCUT2D eigenvalue weighted by molar-refractivity contribution is 6.17. The van der Waals surface area contributed by atoms with Crippen molar-refractivity contribution in [2.24, 2.45) is 0 Å². The summed E-state index contributed by atoms with van der Waals surface area (Å²) in [5.74, 6) is -0.0601. The molecule has 2 nitrogen and oxygen atoms in total. The molecule has 0 aliphatic rings. The Morgan fingerprint density at radius 3 is 2.19 bits per heavy atom. The average molecular weight is 247 g/mol. The van der Waals surface area contributed by atoms with Crippen LogP contribution >= 0.6 is 11.6 Å². The molecule has 16 heavy (non-hydrogen) atoms. The summed E-state index contributed by atoms with van der Waals surface area (Å²) in [6.07, 6.45) is -1.63. The van der Waals surface area contributed by atoms with Gasteiger partial charge in [-0.1, -0.05) is 0 Å². The molecule has 2 atom stereocenters. The monoisotopic (exact) mass is 246 g/mol. The number of hydrogen-bond donors (Lipinski definition) is 2. The summed E-state index contributed by atoms with van der Waals surface area (Å²) in [4.78, 5) is 0. The van der Waals surface area contributed by atoms with E-state index in [-0.39, 0.29) is 11.7 Å². The molecule has 0 spiro atoms. The second kappa shape index (κ2) is 5.62. The Balaban J connectivity index is 3.03. The predicted molar refractivity (Wildman–Crippen MR) is 62.2 cm³/mol. The number of aryl methyl sites for hydroxylation is 2. The molecular weight excluding hydrogens is 231 g/mol. The summed E-state index contributed by atoms with van der Waals surface area (Å²) in [7, 11) is 0. The first kappa shape index (κ1) is 13.4. The Morgan fingerprint density at radius 2 is 1.75 bits per heavy atom. The minimum absolute atomic E-state index is 0.275.